The summed E-state index contributed by atoms with van der Waals surface area (Å²) in [6, 6.07) is 44.8. The van der Waals surface area contributed by atoms with Crippen LogP contribution in [0, 0.1) is 0 Å². The SMILES string of the molecule is CC(/C=C(\C=C(/N)c1ccc2c(c1)C1(c3ccccc3C2)c2ccccc2-c2ccccc21)C1=CCCCC1)c1ccccc1. The number of hydrogen-bond donors (Lipinski definition) is 1. The van der Waals surface area contributed by atoms with Crippen molar-refractivity contribution < 1.29 is 0 Å². The molecule has 1 spiro atoms. The van der Waals surface area contributed by atoms with Crippen molar-refractivity contribution in [2.24, 2.45) is 5.73 Å². The van der Waals surface area contributed by atoms with Gasteiger partial charge in [0, 0.05) is 5.70 Å². The van der Waals surface area contributed by atoms with Gasteiger partial charge in [-0.1, -0.05) is 134 Å². The van der Waals surface area contributed by atoms with Gasteiger partial charge in [0.1, 0.15) is 0 Å². The molecule has 0 aliphatic heterocycles. The van der Waals surface area contributed by atoms with Gasteiger partial charge in [0.2, 0.25) is 0 Å². The molecule has 1 atom stereocenters. The topological polar surface area (TPSA) is 26.0 Å². The van der Waals surface area contributed by atoms with Crippen LogP contribution in [0.4, 0.5) is 0 Å². The highest BCUT2D eigenvalue weighted by Crippen LogP contribution is 2.59. The Morgan fingerprint density at radius 3 is 2.04 bits per heavy atom. The Labute approximate surface area is 267 Å². The van der Waals surface area contributed by atoms with E-state index < -0.39 is 0 Å². The molecule has 0 saturated carbocycles. The molecule has 2 N–H and O–H groups in total. The number of fused-ring (bicyclic) bond motifs is 9. The van der Waals surface area contributed by atoms with Crippen molar-refractivity contribution >= 4 is 5.70 Å². The van der Waals surface area contributed by atoms with Crippen LogP contribution in [0.5, 0.6) is 0 Å². The van der Waals surface area contributed by atoms with Gasteiger partial charge in [-0.05, 0) is 117 Å². The molecule has 1 nitrogen and oxygen atoms in total. The zero-order valence-electron chi connectivity index (χ0n) is 26.0. The standard InChI is InChI=1S/C44H39N/c1-30(31-14-4-2-5-15-31)26-36(32-16-6-3-7-17-32)29-43(45)35-25-24-34-27-33-18-8-11-21-39(33)44(42(34)28-35)40-22-12-9-19-37(40)38-20-10-13-23-41(38)44/h2,4-5,8-16,18-26,28-30H,3,6-7,17,27,45H2,1H3/b36-26+,43-29-. The molecule has 0 aromatic heterocycles. The molecule has 220 valence electrons. The molecule has 0 amide bonds. The summed E-state index contributed by atoms with van der Waals surface area (Å²) >= 11 is 0. The molecule has 0 saturated heterocycles. The molecule has 0 heterocycles. The van der Waals surface area contributed by atoms with Crippen molar-refractivity contribution in [1.82, 2.24) is 0 Å². The second-order valence-electron chi connectivity index (χ2n) is 12.9. The molecule has 3 aliphatic carbocycles. The maximum absolute atomic E-state index is 7.11. The van der Waals surface area contributed by atoms with Gasteiger partial charge >= 0.3 is 0 Å². The molecule has 5 aromatic rings. The fourth-order valence-electron chi connectivity index (χ4n) is 8.19. The average Bonchev–Trinajstić information content (AvgIpc) is 3.39. The van der Waals surface area contributed by atoms with Crippen molar-refractivity contribution in [3.63, 3.8) is 0 Å². The van der Waals surface area contributed by atoms with Gasteiger partial charge in [-0.3, -0.25) is 0 Å². The van der Waals surface area contributed by atoms with E-state index >= 15 is 0 Å². The van der Waals surface area contributed by atoms with E-state index in [1.54, 1.807) is 0 Å². The van der Waals surface area contributed by atoms with E-state index in [4.69, 9.17) is 5.73 Å². The summed E-state index contributed by atoms with van der Waals surface area (Å²) in [6.07, 6.45) is 12.8. The van der Waals surface area contributed by atoms with E-state index in [0.29, 0.717) is 5.92 Å². The molecule has 0 radical (unpaired) electrons. The summed E-state index contributed by atoms with van der Waals surface area (Å²) in [5.74, 6) is 0.294. The van der Waals surface area contributed by atoms with Crippen LogP contribution in [0.15, 0.2) is 151 Å². The third kappa shape index (κ3) is 4.53. The minimum absolute atomic E-state index is 0.294. The minimum atomic E-state index is -0.375. The lowest BCUT2D eigenvalue weighted by Gasteiger charge is -2.40. The quantitative estimate of drug-likeness (QED) is 0.201. The third-order valence-corrected chi connectivity index (χ3v) is 10.3. The Kier molecular flexibility index (Phi) is 6.91. The lowest BCUT2D eigenvalue weighted by molar-refractivity contribution is 0.707. The van der Waals surface area contributed by atoms with E-state index in [0.717, 1.165) is 30.5 Å². The van der Waals surface area contributed by atoms with Crippen LogP contribution >= 0.6 is 0 Å². The normalized spacial score (nSPS) is 17.1. The first kappa shape index (κ1) is 27.7. The molecule has 0 bridgehead atoms. The molecular formula is C44H39N. The monoisotopic (exact) mass is 581 g/mol. The highest BCUT2D eigenvalue weighted by molar-refractivity contribution is 5.88. The summed E-state index contributed by atoms with van der Waals surface area (Å²) < 4.78 is 0. The van der Waals surface area contributed by atoms with Gasteiger partial charge in [0.25, 0.3) is 0 Å². The van der Waals surface area contributed by atoms with Gasteiger partial charge in [-0.2, -0.15) is 0 Å². The summed E-state index contributed by atoms with van der Waals surface area (Å²) in [6.45, 7) is 2.29. The Hall–Kier alpha value is -4.88. The van der Waals surface area contributed by atoms with Crippen molar-refractivity contribution in [2.45, 2.75) is 50.4 Å². The Morgan fingerprint density at radius 1 is 0.689 bits per heavy atom. The van der Waals surface area contributed by atoms with Crippen LogP contribution in [0.1, 0.15) is 83.0 Å². The van der Waals surface area contributed by atoms with Crippen LogP contribution in [-0.4, -0.2) is 0 Å². The summed E-state index contributed by atoms with van der Waals surface area (Å²) in [7, 11) is 0. The number of benzene rings is 5. The summed E-state index contributed by atoms with van der Waals surface area (Å²) in [5.41, 5.74) is 23.6. The van der Waals surface area contributed by atoms with Gasteiger partial charge in [0.05, 0.1) is 5.41 Å². The van der Waals surface area contributed by atoms with Crippen molar-refractivity contribution in [1.29, 1.82) is 0 Å². The largest absolute Gasteiger partial charge is 0.398 e. The minimum Gasteiger partial charge on any atom is -0.398 e. The van der Waals surface area contributed by atoms with Gasteiger partial charge in [-0.25, -0.2) is 0 Å². The molecule has 3 aliphatic rings. The van der Waals surface area contributed by atoms with E-state index in [2.05, 4.69) is 146 Å². The highest BCUT2D eigenvalue weighted by atomic mass is 14.6. The predicted octanol–water partition coefficient (Wildman–Crippen LogP) is 10.5. The van der Waals surface area contributed by atoms with Crippen molar-refractivity contribution in [2.75, 3.05) is 0 Å². The highest BCUT2D eigenvalue weighted by Gasteiger charge is 2.49. The van der Waals surface area contributed by atoms with Gasteiger partial charge < -0.3 is 5.73 Å². The Bertz CT molecular complexity index is 1960. The molecule has 45 heavy (non-hydrogen) atoms. The van der Waals surface area contributed by atoms with Crippen molar-refractivity contribution in [3.05, 3.63) is 195 Å². The van der Waals surface area contributed by atoms with E-state index in [-0.39, 0.29) is 5.41 Å². The number of hydrogen-bond acceptors (Lipinski definition) is 1. The molecule has 0 fully saturated rings. The number of allylic oxidation sites excluding steroid dienone is 5. The predicted molar refractivity (Wildman–Crippen MR) is 188 cm³/mol. The molecule has 1 heteroatoms. The summed E-state index contributed by atoms with van der Waals surface area (Å²) in [4.78, 5) is 0. The molecular weight excluding hydrogens is 542 g/mol. The van der Waals surface area contributed by atoms with Crippen LogP contribution in [0.3, 0.4) is 0 Å². The van der Waals surface area contributed by atoms with E-state index in [1.807, 2.05) is 0 Å². The lowest BCUT2D eigenvalue weighted by Crippen LogP contribution is -2.34. The molecule has 5 aromatic carbocycles. The van der Waals surface area contributed by atoms with Gasteiger partial charge in [-0.15, -0.1) is 0 Å². The van der Waals surface area contributed by atoms with Gasteiger partial charge in [0.15, 0.2) is 0 Å². The smallest absolute Gasteiger partial charge is 0.0719 e. The van der Waals surface area contributed by atoms with Crippen LogP contribution in [-0.2, 0) is 11.8 Å². The number of nitrogens with two attached hydrogens (primary N) is 1. The first-order valence-corrected chi connectivity index (χ1v) is 16.5. The lowest BCUT2D eigenvalue weighted by atomic mass is 9.61. The maximum Gasteiger partial charge on any atom is 0.0719 e. The Morgan fingerprint density at radius 2 is 1.33 bits per heavy atom. The van der Waals surface area contributed by atoms with Crippen LogP contribution in [0.2, 0.25) is 0 Å². The van der Waals surface area contributed by atoms with E-state index in [9.17, 15) is 0 Å². The number of rotatable bonds is 5. The Balaban J connectivity index is 1.31. The van der Waals surface area contributed by atoms with Crippen LogP contribution in [0.25, 0.3) is 16.8 Å². The van der Waals surface area contributed by atoms with Crippen molar-refractivity contribution in [3.8, 4) is 11.1 Å². The third-order valence-electron chi connectivity index (χ3n) is 10.3. The first-order chi connectivity index (χ1) is 22.1. The average molecular weight is 582 g/mol. The second kappa shape index (κ2) is 11.2. The second-order valence-corrected chi connectivity index (χ2v) is 12.9. The van der Waals surface area contributed by atoms with E-state index in [1.165, 1.54) is 74.1 Å². The zero-order valence-corrected chi connectivity index (χ0v) is 26.0. The summed E-state index contributed by atoms with van der Waals surface area (Å²) in [5, 5.41) is 0. The van der Waals surface area contributed by atoms with Crippen LogP contribution < -0.4 is 5.73 Å². The maximum atomic E-state index is 7.11. The molecule has 1 unspecified atom stereocenters. The zero-order chi connectivity index (χ0) is 30.4. The fraction of sp³-hybridized carbons (Fsp3) is 0.182. The molecule has 8 rings (SSSR count). The fourth-order valence-corrected chi connectivity index (χ4v) is 8.19. The first-order valence-electron chi connectivity index (χ1n) is 16.5.